The van der Waals surface area contributed by atoms with Gasteiger partial charge in [0.1, 0.15) is 12.0 Å². The molecule has 1 aliphatic rings. The first-order valence-corrected chi connectivity index (χ1v) is 7.51. The Morgan fingerprint density at radius 1 is 1.33 bits per heavy atom. The summed E-state index contributed by atoms with van der Waals surface area (Å²) in [5.41, 5.74) is 1.15. The van der Waals surface area contributed by atoms with E-state index >= 15 is 0 Å². The van der Waals surface area contributed by atoms with Gasteiger partial charge in [-0.1, -0.05) is 6.42 Å². The van der Waals surface area contributed by atoms with E-state index < -0.39 is 0 Å². The van der Waals surface area contributed by atoms with Gasteiger partial charge in [0.15, 0.2) is 0 Å². The van der Waals surface area contributed by atoms with Crippen LogP contribution in [-0.2, 0) is 4.79 Å². The lowest BCUT2D eigenvalue weighted by atomic mass is 10.2. The minimum absolute atomic E-state index is 0.192. The minimum Gasteiger partial charge on any atom is -0.351 e. The first kappa shape index (κ1) is 15.4. The lowest BCUT2D eigenvalue weighted by Crippen LogP contribution is -2.34. The molecule has 114 valence electrons. The van der Waals surface area contributed by atoms with Crippen LogP contribution < -0.4 is 5.32 Å². The zero-order valence-electron chi connectivity index (χ0n) is 12.5. The molecule has 0 saturated carbocycles. The van der Waals surface area contributed by atoms with Gasteiger partial charge in [-0.2, -0.15) is 0 Å². The molecule has 0 spiro atoms. The van der Waals surface area contributed by atoms with E-state index in [1.54, 1.807) is 6.07 Å². The van der Waals surface area contributed by atoms with Gasteiger partial charge >= 0.3 is 0 Å². The average Bonchev–Trinajstić information content (AvgIpc) is 2.68. The van der Waals surface area contributed by atoms with Crippen molar-refractivity contribution >= 4 is 11.8 Å². The zero-order chi connectivity index (χ0) is 15.1. The number of aromatic nitrogens is 2. The quantitative estimate of drug-likeness (QED) is 0.830. The van der Waals surface area contributed by atoms with Gasteiger partial charge in [-0.3, -0.25) is 9.59 Å². The van der Waals surface area contributed by atoms with E-state index in [1.807, 2.05) is 11.8 Å². The number of nitrogens with zero attached hydrogens (tertiary/aromatic N) is 3. The summed E-state index contributed by atoms with van der Waals surface area (Å²) in [5.74, 6) is 0.0490. The summed E-state index contributed by atoms with van der Waals surface area (Å²) >= 11 is 0. The number of carbonyl (C=O) groups excluding carboxylic acids is 2. The van der Waals surface area contributed by atoms with Crippen molar-refractivity contribution in [3.63, 3.8) is 0 Å². The smallest absolute Gasteiger partial charge is 0.270 e. The molecular weight excluding hydrogens is 268 g/mol. The van der Waals surface area contributed by atoms with E-state index in [4.69, 9.17) is 0 Å². The van der Waals surface area contributed by atoms with Crippen molar-refractivity contribution in [2.45, 2.75) is 39.0 Å². The normalized spacial score (nSPS) is 15.7. The monoisotopic (exact) mass is 290 g/mol. The lowest BCUT2D eigenvalue weighted by Gasteiger charge is -2.20. The summed E-state index contributed by atoms with van der Waals surface area (Å²) in [6.45, 7) is 3.93. The van der Waals surface area contributed by atoms with Crippen LogP contribution in [0.15, 0.2) is 12.4 Å². The summed E-state index contributed by atoms with van der Waals surface area (Å²) < 4.78 is 0. The molecule has 0 bridgehead atoms. The Morgan fingerprint density at radius 3 is 3.00 bits per heavy atom. The van der Waals surface area contributed by atoms with Crippen LogP contribution in [0.3, 0.4) is 0 Å². The van der Waals surface area contributed by atoms with E-state index in [2.05, 4.69) is 15.3 Å². The fourth-order valence-electron chi connectivity index (χ4n) is 2.42. The number of amides is 2. The Labute approximate surface area is 125 Å². The largest absolute Gasteiger partial charge is 0.351 e. The minimum atomic E-state index is -0.192. The van der Waals surface area contributed by atoms with E-state index in [0.29, 0.717) is 25.2 Å². The fraction of sp³-hybridized carbons (Fsp3) is 0.600. The highest BCUT2D eigenvalue weighted by Crippen LogP contribution is 2.11. The van der Waals surface area contributed by atoms with Crippen molar-refractivity contribution in [3.8, 4) is 0 Å². The van der Waals surface area contributed by atoms with Crippen molar-refractivity contribution in [2.75, 3.05) is 19.6 Å². The van der Waals surface area contributed by atoms with Gasteiger partial charge in [0, 0.05) is 31.7 Å². The highest BCUT2D eigenvalue weighted by molar-refractivity contribution is 5.92. The maximum absolute atomic E-state index is 11.9. The molecule has 2 heterocycles. The molecule has 2 rings (SSSR count). The molecule has 0 radical (unpaired) electrons. The average molecular weight is 290 g/mol. The predicted octanol–water partition coefficient (Wildman–Crippen LogP) is 1.31. The maximum Gasteiger partial charge on any atom is 0.270 e. The van der Waals surface area contributed by atoms with Crippen LogP contribution >= 0.6 is 0 Å². The van der Waals surface area contributed by atoms with Crippen molar-refractivity contribution < 1.29 is 9.59 Å². The number of likely N-dealkylation sites (tertiary alicyclic amines) is 1. The van der Waals surface area contributed by atoms with Gasteiger partial charge in [-0.25, -0.2) is 9.97 Å². The Hall–Kier alpha value is -1.98. The molecule has 0 aliphatic carbocycles. The van der Waals surface area contributed by atoms with Crippen molar-refractivity contribution in [1.29, 1.82) is 0 Å². The number of hydrogen-bond acceptors (Lipinski definition) is 4. The van der Waals surface area contributed by atoms with Crippen molar-refractivity contribution in [3.05, 3.63) is 23.8 Å². The zero-order valence-corrected chi connectivity index (χ0v) is 12.5. The van der Waals surface area contributed by atoms with Gasteiger partial charge in [-0.15, -0.1) is 0 Å². The van der Waals surface area contributed by atoms with E-state index in [1.165, 1.54) is 6.33 Å². The van der Waals surface area contributed by atoms with Crippen LogP contribution in [0.1, 0.15) is 48.3 Å². The van der Waals surface area contributed by atoms with Gasteiger partial charge in [-0.05, 0) is 32.3 Å². The summed E-state index contributed by atoms with van der Waals surface area (Å²) in [7, 11) is 0. The second kappa shape index (κ2) is 7.71. The maximum atomic E-state index is 11.9. The SMILES string of the molecule is Cc1cc(C(=O)NCCCN2CCCCCC2=O)ncn1. The molecule has 1 saturated heterocycles. The third-order valence-electron chi connectivity index (χ3n) is 3.60. The second-order valence-electron chi connectivity index (χ2n) is 5.35. The van der Waals surface area contributed by atoms with Crippen LogP contribution in [0.5, 0.6) is 0 Å². The molecule has 2 amide bonds. The van der Waals surface area contributed by atoms with Gasteiger partial charge in [0.2, 0.25) is 5.91 Å². The number of nitrogens with one attached hydrogen (secondary N) is 1. The van der Waals surface area contributed by atoms with E-state index in [9.17, 15) is 9.59 Å². The molecule has 21 heavy (non-hydrogen) atoms. The summed E-state index contributed by atoms with van der Waals surface area (Å²) in [5, 5.41) is 2.83. The third kappa shape index (κ3) is 4.81. The molecule has 0 aromatic carbocycles. The molecule has 1 aliphatic heterocycles. The second-order valence-corrected chi connectivity index (χ2v) is 5.35. The molecular formula is C15H22N4O2. The van der Waals surface area contributed by atoms with Gasteiger partial charge in [0.25, 0.3) is 5.91 Å². The predicted molar refractivity (Wildman–Crippen MR) is 78.8 cm³/mol. The number of hydrogen-bond donors (Lipinski definition) is 1. The van der Waals surface area contributed by atoms with Crippen LogP contribution in [0.25, 0.3) is 0 Å². The van der Waals surface area contributed by atoms with Gasteiger partial charge < -0.3 is 10.2 Å². The first-order valence-electron chi connectivity index (χ1n) is 7.51. The Bertz CT molecular complexity index is 504. The summed E-state index contributed by atoms with van der Waals surface area (Å²) in [4.78, 5) is 33.5. The summed E-state index contributed by atoms with van der Waals surface area (Å²) in [6.07, 6.45) is 6.03. The number of rotatable bonds is 5. The third-order valence-corrected chi connectivity index (χ3v) is 3.60. The van der Waals surface area contributed by atoms with Crippen LogP contribution in [0.2, 0.25) is 0 Å². The van der Waals surface area contributed by atoms with Crippen LogP contribution in [0.4, 0.5) is 0 Å². The highest BCUT2D eigenvalue weighted by Gasteiger charge is 2.15. The van der Waals surface area contributed by atoms with Gasteiger partial charge in [0.05, 0.1) is 0 Å². The molecule has 1 fully saturated rings. The molecule has 1 aromatic heterocycles. The molecule has 1 N–H and O–H groups in total. The molecule has 0 atom stereocenters. The van der Waals surface area contributed by atoms with Crippen LogP contribution in [0, 0.1) is 6.92 Å². The topological polar surface area (TPSA) is 75.2 Å². The summed E-state index contributed by atoms with van der Waals surface area (Å²) in [6, 6.07) is 1.66. The van der Waals surface area contributed by atoms with E-state index in [-0.39, 0.29) is 11.8 Å². The standard InChI is InChI=1S/C15H22N4O2/c1-12-10-13(18-11-17-12)15(21)16-7-5-9-19-8-4-2-3-6-14(19)20/h10-11H,2-9H2,1H3,(H,16,21). The highest BCUT2D eigenvalue weighted by atomic mass is 16.2. The number of carbonyl (C=O) groups is 2. The van der Waals surface area contributed by atoms with Crippen LogP contribution in [-0.4, -0.2) is 46.3 Å². The fourth-order valence-corrected chi connectivity index (χ4v) is 2.42. The Balaban J connectivity index is 1.71. The first-order chi connectivity index (χ1) is 10.2. The molecule has 0 unspecified atom stereocenters. The Kier molecular flexibility index (Phi) is 5.66. The lowest BCUT2D eigenvalue weighted by molar-refractivity contribution is -0.130. The molecule has 6 heteroatoms. The number of aryl methyl sites for hydroxylation is 1. The Morgan fingerprint density at radius 2 is 2.19 bits per heavy atom. The molecule has 6 nitrogen and oxygen atoms in total. The molecule has 1 aromatic rings. The van der Waals surface area contributed by atoms with Crippen molar-refractivity contribution in [1.82, 2.24) is 20.2 Å². The van der Waals surface area contributed by atoms with Crippen molar-refractivity contribution in [2.24, 2.45) is 0 Å². The van der Waals surface area contributed by atoms with E-state index in [0.717, 1.165) is 37.9 Å².